The van der Waals surface area contributed by atoms with Crippen LogP contribution in [0.2, 0.25) is 0 Å². The zero-order chi connectivity index (χ0) is 28.5. The fourth-order valence-electron chi connectivity index (χ4n) is 4.57. The van der Waals surface area contributed by atoms with Crippen molar-refractivity contribution in [1.29, 1.82) is 0 Å². The van der Waals surface area contributed by atoms with Crippen molar-refractivity contribution in [2.24, 2.45) is 0 Å². The molecule has 0 radical (unpaired) electrons. The summed E-state index contributed by atoms with van der Waals surface area (Å²) in [6, 6.07) is 16.5. The lowest BCUT2D eigenvalue weighted by Crippen LogP contribution is -2.31. The van der Waals surface area contributed by atoms with Crippen LogP contribution in [-0.4, -0.2) is 26.6 Å². The SMILES string of the molecule is Cc1cc(Oc2ccccc2F)ccc1-n1ncc(C(=O)c2cc3cc(OF)c(NSNC4CCC4)cc3[nH]2)c1N. The van der Waals surface area contributed by atoms with Gasteiger partial charge in [-0.25, -0.2) is 13.8 Å². The molecule has 0 saturated heterocycles. The van der Waals surface area contributed by atoms with E-state index in [2.05, 4.69) is 24.5 Å². The van der Waals surface area contributed by atoms with Gasteiger partial charge in [0.2, 0.25) is 5.78 Å². The van der Waals surface area contributed by atoms with E-state index in [1.165, 1.54) is 41.6 Å². The van der Waals surface area contributed by atoms with E-state index in [0.29, 0.717) is 34.1 Å². The van der Waals surface area contributed by atoms with E-state index < -0.39 is 5.82 Å². The number of ketones is 1. The first-order valence-corrected chi connectivity index (χ1v) is 13.8. The number of H-pyrrole nitrogens is 1. The first-order valence-electron chi connectivity index (χ1n) is 13.0. The predicted octanol–water partition coefficient (Wildman–Crippen LogP) is 6.79. The molecule has 1 saturated carbocycles. The normalized spacial score (nSPS) is 13.2. The molecule has 0 unspecified atom stereocenters. The Bertz CT molecular complexity index is 1750. The monoisotopic (exact) mass is 576 g/mol. The van der Waals surface area contributed by atoms with E-state index in [1.807, 2.05) is 6.92 Å². The van der Waals surface area contributed by atoms with Crippen molar-refractivity contribution >= 4 is 40.3 Å². The highest BCUT2D eigenvalue weighted by molar-refractivity contribution is 7.98. The Balaban J connectivity index is 1.22. The van der Waals surface area contributed by atoms with E-state index in [9.17, 15) is 13.7 Å². The number of rotatable bonds is 10. The summed E-state index contributed by atoms with van der Waals surface area (Å²) in [5, 5.41) is 4.94. The maximum Gasteiger partial charge on any atom is 0.214 e. The fourth-order valence-corrected chi connectivity index (χ4v) is 5.30. The molecule has 6 rings (SSSR count). The minimum atomic E-state index is -0.466. The van der Waals surface area contributed by atoms with Crippen molar-refractivity contribution < 1.29 is 23.4 Å². The molecule has 210 valence electrons. The van der Waals surface area contributed by atoms with Crippen LogP contribution in [0.3, 0.4) is 0 Å². The molecule has 0 aliphatic heterocycles. The molecule has 41 heavy (non-hydrogen) atoms. The van der Waals surface area contributed by atoms with Crippen LogP contribution >= 0.6 is 12.1 Å². The van der Waals surface area contributed by atoms with Gasteiger partial charge in [-0.05, 0) is 73.9 Å². The van der Waals surface area contributed by atoms with Crippen LogP contribution in [0.25, 0.3) is 16.6 Å². The van der Waals surface area contributed by atoms with E-state index >= 15 is 0 Å². The van der Waals surface area contributed by atoms with Gasteiger partial charge in [-0.2, -0.15) is 5.10 Å². The number of aromatic nitrogens is 3. The number of carbonyl (C=O) groups is 1. The van der Waals surface area contributed by atoms with Gasteiger partial charge in [0.25, 0.3) is 0 Å². The van der Waals surface area contributed by atoms with Gasteiger partial charge in [-0.3, -0.25) is 9.74 Å². The summed E-state index contributed by atoms with van der Waals surface area (Å²) in [7, 11) is 0. The Labute approximate surface area is 238 Å². The molecule has 1 fully saturated rings. The third kappa shape index (κ3) is 5.31. The summed E-state index contributed by atoms with van der Waals surface area (Å²) < 4.78 is 40.8. The molecule has 2 aromatic heterocycles. The second-order valence-corrected chi connectivity index (χ2v) is 10.5. The molecule has 5 aromatic rings. The number of hydrogen-bond acceptors (Lipinski definition) is 8. The number of nitrogens with zero attached hydrogens (tertiary/aromatic N) is 2. The number of benzene rings is 3. The van der Waals surface area contributed by atoms with Crippen LogP contribution in [0.1, 0.15) is 40.9 Å². The predicted molar refractivity (Wildman–Crippen MR) is 155 cm³/mol. The molecule has 3 aromatic carbocycles. The number of nitrogen functional groups attached to an aromatic ring is 1. The molecule has 0 atom stereocenters. The van der Waals surface area contributed by atoms with Crippen molar-refractivity contribution in [3.8, 4) is 22.9 Å². The lowest BCUT2D eigenvalue weighted by molar-refractivity contribution is -0.00504. The van der Waals surface area contributed by atoms with Gasteiger partial charge >= 0.3 is 0 Å². The number of nitrogens with one attached hydrogen (secondary N) is 3. The van der Waals surface area contributed by atoms with Crippen molar-refractivity contribution in [3.63, 3.8) is 0 Å². The van der Waals surface area contributed by atoms with Gasteiger partial charge in [0.15, 0.2) is 17.3 Å². The number of anilines is 2. The van der Waals surface area contributed by atoms with Gasteiger partial charge in [0, 0.05) is 33.6 Å². The Morgan fingerprint density at radius 2 is 1.98 bits per heavy atom. The molecule has 12 heteroatoms. The number of fused-ring (bicyclic) bond motifs is 1. The number of hydrogen-bond donors (Lipinski definition) is 4. The zero-order valence-electron chi connectivity index (χ0n) is 21.9. The van der Waals surface area contributed by atoms with E-state index in [4.69, 9.17) is 10.5 Å². The first kappa shape index (κ1) is 26.7. The Kier molecular flexibility index (Phi) is 7.25. The Morgan fingerprint density at radius 1 is 1.15 bits per heavy atom. The lowest BCUT2D eigenvalue weighted by atomic mass is 9.94. The van der Waals surface area contributed by atoms with Crippen molar-refractivity contribution in [1.82, 2.24) is 19.5 Å². The van der Waals surface area contributed by atoms with Crippen LogP contribution in [0, 0.1) is 12.7 Å². The third-order valence-corrected chi connectivity index (χ3v) is 7.83. The molecule has 1 aliphatic rings. The maximum absolute atomic E-state index is 14.0. The van der Waals surface area contributed by atoms with Gasteiger partial charge in [0.1, 0.15) is 11.6 Å². The van der Waals surface area contributed by atoms with E-state index in [0.717, 1.165) is 18.4 Å². The summed E-state index contributed by atoms with van der Waals surface area (Å²) in [5.41, 5.74) is 9.26. The van der Waals surface area contributed by atoms with Crippen LogP contribution in [0.15, 0.2) is 66.9 Å². The number of nitrogens with two attached hydrogens (primary N) is 1. The van der Waals surface area contributed by atoms with Crippen LogP contribution in [0.4, 0.5) is 20.4 Å². The standard InChI is InChI=1S/C29H26F2N6O3S/c1-16-11-19(39-26-8-3-2-7-21(26)30)9-10-25(16)37-29(32)20(15-33-37)28(38)24-12-17-13-27(40-31)23(14-22(17)34-24)36-41-35-18-5-4-6-18/h2-3,7-15,18,34-36H,4-6,32H2,1H3. The second kappa shape index (κ2) is 11.1. The third-order valence-electron chi connectivity index (χ3n) is 7.05. The summed E-state index contributed by atoms with van der Waals surface area (Å²) in [6.07, 6.45) is 4.81. The number of halogens is 2. The van der Waals surface area contributed by atoms with Gasteiger partial charge in [0.05, 0.1) is 28.8 Å². The summed E-state index contributed by atoms with van der Waals surface area (Å²) in [5.74, 6) is -0.135. The second-order valence-electron chi connectivity index (χ2n) is 9.81. The number of para-hydroxylation sites is 1. The highest BCUT2D eigenvalue weighted by Crippen LogP contribution is 2.34. The van der Waals surface area contributed by atoms with E-state index in [-0.39, 0.29) is 34.4 Å². The number of ether oxygens (including phenoxy) is 1. The molecule has 2 heterocycles. The van der Waals surface area contributed by atoms with Crippen LogP contribution in [0.5, 0.6) is 17.2 Å². The minimum Gasteiger partial charge on any atom is -0.454 e. The number of carbonyl (C=O) groups excluding carboxylic acids is 1. The molecule has 0 amide bonds. The molecular formula is C29H26F2N6O3S. The van der Waals surface area contributed by atoms with Crippen molar-refractivity contribution in [3.05, 3.63) is 89.5 Å². The summed E-state index contributed by atoms with van der Waals surface area (Å²) in [4.78, 5) is 20.6. The fraction of sp³-hybridized carbons (Fsp3) is 0.172. The highest BCUT2D eigenvalue weighted by atomic mass is 32.2. The lowest BCUT2D eigenvalue weighted by Gasteiger charge is -2.25. The molecule has 9 nitrogen and oxygen atoms in total. The van der Waals surface area contributed by atoms with Gasteiger partial charge in [-0.1, -0.05) is 18.6 Å². The molecule has 5 N–H and O–H groups in total. The maximum atomic E-state index is 14.0. The Morgan fingerprint density at radius 3 is 2.71 bits per heavy atom. The van der Waals surface area contributed by atoms with Gasteiger partial charge in [-0.15, -0.1) is 0 Å². The van der Waals surface area contributed by atoms with Crippen LogP contribution in [-0.2, 0) is 0 Å². The van der Waals surface area contributed by atoms with Crippen LogP contribution < -0.4 is 24.9 Å². The average Bonchev–Trinajstić information content (AvgIpc) is 3.53. The van der Waals surface area contributed by atoms with Gasteiger partial charge < -0.3 is 20.2 Å². The first-order chi connectivity index (χ1) is 19.9. The van der Waals surface area contributed by atoms with E-state index in [1.54, 1.807) is 48.5 Å². The quantitative estimate of drug-likeness (QED) is 0.106. The van der Waals surface area contributed by atoms with Crippen molar-refractivity contribution in [2.45, 2.75) is 32.2 Å². The molecule has 0 spiro atoms. The Hall–Kier alpha value is -4.55. The molecule has 0 bridgehead atoms. The highest BCUT2D eigenvalue weighted by Gasteiger charge is 2.22. The summed E-state index contributed by atoms with van der Waals surface area (Å²) >= 11 is 1.26. The van der Waals surface area contributed by atoms with Crippen molar-refractivity contribution in [2.75, 3.05) is 10.5 Å². The summed E-state index contributed by atoms with van der Waals surface area (Å²) in [6.45, 7) is 1.83. The number of aromatic amines is 1. The average molecular weight is 577 g/mol. The smallest absolute Gasteiger partial charge is 0.214 e. The topological polar surface area (TPSA) is 119 Å². The molecular weight excluding hydrogens is 550 g/mol. The number of aryl methyl sites for hydroxylation is 1. The largest absolute Gasteiger partial charge is 0.454 e. The minimum absolute atomic E-state index is 0.00338. The zero-order valence-corrected chi connectivity index (χ0v) is 22.7. The molecule has 1 aliphatic carbocycles.